The second-order valence-corrected chi connectivity index (χ2v) is 2.35. The highest BCUT2D eigenvalue weighted by Crippen LogP contribution is 1.98. The summed E-state index contributed by atoms with van der Waals surface area (Å²) in [5.41, 5.74) is 0. The zero-order valence-corrected chi connectivity index (χ0v) is 7.33. The van der Waals surface area contributed by atoms with Crippen molar-refractivity contribution in [2.75, 3.05) is 5.75 Å². The monoisotopic (exact) mass is 134 g/mol. The summed E-state index contributed by atoms with van der Waals surface area (Å²) in [5.74, 6) is 1.85. The van der Waals surface area contributed by atoms with Crippen LogP contribution in [0.25, 0.3) is 0 Å². The molecule has 0 amide bonds. The van der Waals surface area contributed by atoms with Gasteiger partial charge in [-0.15, -0.1) is 0 Å². The summed E-state index contributed by atoms with van der Waals surface area (Å²) < 4.78 is 0. The van der Waals surface area contributed by atoms with Gasteiger partial charge < -0.3 is 0 Å². The van der Waals surface area contributed by atoms with Crippen molar-refractivity contribution in [2.24, 2.45) is 5.92 Å². The molecule has 0 saturated heterocycles. The Morgan fingerprint density at radius 3 is 1.62 bits per heavy atom. The van der Waals surface area contributed by atoms with Crippen LogP contribution in [0, 0.1) is 5.92 Å². The Labute approximate surface area is 59.1 Å². The second-order valence-electron chi connectivity index (χ2n) is 1.91. The average molecular weight is 134 g/mol. The van der Waals surface area contributed by atoms with E-state index >= 15 is 0 Å². The Morgan fingerprint density at radius 2 is 1.62 bits per heavy atom. The number of thiol groups is 1. The predicted molar refractivity (Wildman–Crippen MR) is 44.7 cm³/mol. The van der Waals surface area contributed by atoms with Crippen LogP contribution in [0.15, 0.2) is 0 Å². The maximum Gasteiger partial charge on any atom is -0.00955 e. The van der Waals surface area contributed by atoms with Gasteiger partial charge in [0, 0.05) is 0 Å². The third-order valence-corrected chi connectivity index (χ3v) is 0.965. The molecule has 0 spiro atoms. The second kappa shape index (κ2) is 10.4. The van der Waals surface area contributed by atoms with Crippen molar-refractivity contribution in [1.82, 2.24) is 0 Å². The molecule has 0 N–H and O–H groups in total. The molecule has 0 aliphatic carbocycles. The first-order valence-electron chi connectivity index (χ1n) is 3.38. The molecule has 0 atom stereocenters. The third kappa shape index (κ3) is 16.2. The fourth-order valence-electron chi connectivity index (χ4n) is 0.258. The van der Waals surface area contributed by atoms with Gasteiger partial charge in [0.1, 0.15) is 0 Å². The van der Waals surface area contributed by atoms with E-state index in [9.17, 15) is 0 Å². The van der Waals surface area contributed by atoms with Gasteiger partial charge in [0.25, 0.3) is 0 Å². The molecule has 52 valence electrons. The molecule has 0 aliphatic heterocycles. The van der Waals surface area contributed by atoms with Gasteiger partial charge in [-0.2, -0.15) is 12.6 Å². The van der Waals surface area contributed by atoms with Gasteiger partial charge in [-0.1, -0.05) is 27.7 Å². The van der Waals surface area contributed by atoms with Gasteiger partial charge in [0.2, 0.25) is 0 Å². The van der Waals surface area contributed by atoms with Crippen molar-refractivity contribution < 1.29 is 0 Å². The van der Waals surface area contributed by atoms with Crippen molar-refractivity contribution in [3.8, 4) is 0 Å². The fourth-order valence-corrected chi connectivity index (χ4v) is 0.775. The molecule has 0 fully saturated rings. The topological polar surface area (TPSA) is 0 Å². The molecule has 0 aromatic heterocycles. The van der Waals surface area contributed by atoms with Crippen molar-refractivity contribution in [2.45, 2.75) is 34.1 Å². The van der Waals surface area contributed by atoms with Crippen molar-refractivity contribution in [3.63, 3.8) is 0 Å². The Kier molecular flexibility index (Phi) is 14.5. The highest BCUT2D eigenvalue weighted by Gasteiger charge is 1.86. The lowest BCUT2D eigenvalue weighted by molar-refractivity contribution is 0.633. The average Bonchev–Trinajstić information content (AvgIpc) is 1.72. The van der Waals surface area contributed by atoms with Crippen LogP contribution in [0.4, 0.5) is 0 Å². The lowest BCUT2D eigenvalue weighted by Crippen LogP contribution is -1.85. The van der Waals surface area contributed by atoms with Crippen LogP contribution in [0.5, 0.6) is 0 Å². The maximum atomic E-state index is 4.06. The smallest absolute Gasteiger partial charge is 0.00955 e. The minimum absolute atomic E-state index is 0.822. The molecule has 0 rings (SSSR count). The van der Waals surface area contributed by atoms with E-state index in [4.69, 9.17) is 0 Å². The fraction of sp³-hybridized carbons (Fsp3) is 1.00. The Morgan fingerprint density at radius 1 is 1.25 bits per heavy atom. The molecule has 0 aromatic carbocycles. The Hall–Kier alpha value is 0.350. The van der Waals surface area contributed by atoms with Crippen LogP contribution < -0.4 is 0 Å². The SMILES string of the molecule is CC.CC(C)CCS. The maximum absolute atomic E-state index is 4.06. The number of hydrogen-bond acceptors (Lipinski definition) is 1. The van der Waals surface area contributed by atoms with Gasteiger partial charge >= 0.3 is 0 Å². The highest BCUT2D eigenvalue weighted by atomic mass is 32.1. The van der Waals surface area contributed by atoms with Crippen LogP contribution in [0.1, 0.15) is 34.1 Å². The Bertz CT molecular complexity index is 25.6. The molecule has 0 nitrogen and oxygen atoms in total. The van der Waals surface area contributed by atoms with E-state index in [2.05, 4.69) is 26.5 Å². The van der Waals surface area contributed by atoms with E-state index in [1.165, 1.54) is 6.42 Å². The molecule has 1 heteroatoms. The summed E-state index contributed by atoms with van der Waals surface area (Å²) in [6.07, 6.45) is 1.24. The first-order valence-corrected chi connectivity index (χ1v) is 4.01. The van der Waals surface area contributed by atoms with E-state index < -0.39 is 0 Å². The summed E-state index contributed by atoms with van der Waals surface area (Å²) in [5, 5.41) is 0. The van der Waals surface area contributed by atoms with Crippen molar-refractivity contribution >= 4 is 12.6 Å². The zero-order valence-electron chi connectivity index (χ0n) is 6.44. The number of hydrogen-bond donors (Lipinski definition) is 1. The van der Waals surface area contributed by atoms with E-state index in [1.807, 2.05) is 13.8 Å². The van der Waals surface area contributed by atoms with Crippen LogP contribution in [-0.2, 0) is 0 Å². The largest absolute Gasteiger partial charge is 0.179 e. The highest BCUT2D eigenvalue weighted by molar-refractivity contribution is 7.80. The van der Waals surface area contributed by atoms with Gasteiger partial charge in [-0.05, 0) is 18.1 Å². The third-order valence-electron chi connectivity index (χ3n) is 0.706. The molecule has 0 unspecified atom stereocenters. The van der Waals surface area contributed by atoms with Gasteiger partial charge in [-0.3, -0.25) is 0 Å². The van der Waals surface area contributed by atoms with Crippen molar-refractivity contribution in [3.05, 3.63) is 0 Å². The summed E-state index contributed by atoms with van der Waals surface area (Å²) in [7, 11) is 0. The zero-order chi connectivity index (χ0) is 6.99. The summed E-state index contributed by atoms with van der Waals surface area (Å²) in [6, 6.07) is 0. The molecule has 0 saturated carbocycles. The van der Waals surface area contributed by atoms with Crippen LogP contribution in [0.3, 0.4) is 0 Å². The van der Waals surface area contributed by atoms with E-state index in [0.717, 1.165) is 11.7 Å². The van der Waals surface area contributed by atoms with Crippen molar-refractivity contribution in [1.29, 1.82) is 0 Å². The van der Waals surface area contributed by atoms with Gasteiger partial charge in [-0.25, -0.2) is 0 Å². The van der Waals surface area contributed by atoms with Crippen LogP contribution in [-0.4, -0.2) is 5.75 Å². The van der Waals surface area contributed by atoms with Crippen LogP contribution in [0.2, 0.25) is 0 Å². The lowest BCUT2D eigenvalue weighted by atomic mass is 10.2. The quantitative estimate of drug-likeness (QED) is 0.551. The van der Waals surface area contributed by atoms with E-state index in [0.29, 0.717) is 0 Å². The summed E-state index contributed by atoms with van der Waals surface area (Å²) >= 11 is 4.06. The molecule has 0 heterocycles. The standard InChI is InChI=1S/C5H12S.C2H6/c1-5(2)3-4-6;1-2/h5-6H,3-4H2,1-2H3;1-2H3. The molecule has 8 heavy (non-hydrogen) atoms. The van der Waals surface area contributed by atoms with E-state index in [-0.39, 0.29) is 0 Å². The lowest BCUT2D eigenvalue weighted by Gasteiger charge is -1.95. The molecular formula is C7H18S. The first kappa shape index (κ1) is 11.2. The van der Waals surface area contributed by atoms with Crippen LogP contribution >= 0.6 is 12.6 Å². The minimum Gasteiger partial charge on any atom is -0.179 e. The van der Waals surface area contributed by atoms with Gasteiger partial charge in [0.15, 0.2) is 0 Å². The molecular weight excluding hydrogens is 116 g/mol. The molecule has 0 aliphatic rings. The molecule has 0 radical (unpaired) electrons. The predicted octanol–water partition coefficient (Wildman–Crippen LogP) is 2.99. The Balaban J connectivity index is 0. The normalized spacial score (nSPS) is 8.25. The number of rotatable bonds is 2. The molecule has 0 bridgehead atoms. The van der Waals surface area contributed by atoms with Gasteiger partial charge in [0.05, 0.1) is 0 Å². The summed E-state index contributed by atoms with van der Waals surface area (Å²) in [6.45, 7) is 8.41. The minimum atomic E-state index is 0.822. The van der Waals surface area contributed by atoms with E-state index in [1.54, 1.807) is 0 Å². The summed E-state index contributed by atoms with van der Waals surface area (Å²) in [4.78, 5) is 0. The molecule has 0 aromatic rings. The first-order chi connectivity index (χ1) is 3.77.